The molecule has 0 bridgehead atoms. The Hall–Kier alpha value is -2.87. The molecule has 0 saturated carbocycles. The van der Waals surface area contributed by atoms with Gasteiger partial charge in [-0.15, -0.1) is 11.8 Å². The Morgan fingerprint density at radius 3 is 2.21 bits per heavy atom. The molecule has 2 aromatic rings. The molecular weight excluding hydrogens is 512 g/mol. The first-order valence-corrected chi connectivity index (χ1v) is 14.7. The van der Waals surface area contributed by atoms with Gasteiger partial charge in [0.2, 0.25) is 0 Å². The molecule has 0 fully saturated rings. The minimum Gasteiger partial charge on any atom is -0.469 e. The zero-order valence-corrected chi connectivity index (χ0v) is 23.6. The van der Waals surface area contributed by atoms with Gasteiger partial charge in [-0.05, 0) is 36.1 Å². The maximum absolute atomic E-state index is 12.3. The number of rotatable bonds is 15. The lowest BCUT2D eigenvalue weighted by Crippen LogP contribution is -2.19. The molecule has 3 rings (SSSR count). The van der Waals surface area contributed by atoms with Crippen LogP contribution in [0.2, 0.25) is 0 Å². The Balaban J connectivity index is 1.76. The van der Waals surface area contributed by atoms with Crippen LogP contribution >= 0.6 is 11.8 Å². The fourth-order valence-electron chi connectivity index (χ4n) is 4.74. The molecule has 0 saturated heterocycles. The number of carbonyl (C=O) groups excluding carboxylic acids is 2. The highest BCUT2D eigenvalue weighted by Crippen LogP contribution is 2.42. The molecule has 0 aliphatic heterocycles. The number of unbranched alkanes of at least 4 members (excludes halogenated alkanes) is 2. The number of hydrogen-bond donors (Lipinski definition) is 2. The molecule has 0 amide bonds. The molecule has 210 valence electrons. The summed E-state index contributed by atoms with van der Waals surface area (Å²) >= 11 is 1.57. The standard InChI is InChI=1S/C32H40O6S/c1-3-13-30(36)38-28-22-27(34)25(32(28)39-21-12-6-11-18-29(35)37-2)19-20-26(33)31(23-14-7-4-8-15-23)24-16-9-5-10-17-24/h4-5,7-10,14-17,19-20,25-27,31,33-34H,3,6,11-13,18,21-22H2,1-2H3/b20-19+/t25-,26?,27?/m0/s1. The van der Waals surface area contributed by atoms with Crippen molar-refractivity contribution in [1.29, 1.82) is 0 Å². The van der Waals surface area contributed by atoms with Crippen molar-refractivity contribution < 1.29 is 29.3 Å². The molecule has 2 aromatic carbocycles. The zero-order chi connectivity index (χ0) is 28.0. The zero-order valence-electron chi connectivity index (χ0n) is 22.8. The van der Waals surface area contributed by atoms with Crippen LogP contribution in [0.5, 0.6) is 0 Å². The molecule has 6 nitrogen and oxygen atoms in total. The predicted molar refractivity (Wildman–Crippen MR) is 155 cm³/mol. The summed E-state index contributed by atoms with van der Waals surface area (Å²) in [6.07, 6.45) is 6.21. The van der Waals surface area contributed by atoms with Crippen molar-refractivity contribution in [1.82, 2.24) is 0 Å². The first kappa shape index (κ1) is 30.7. The van der Waals surface area contributed by atoms with Crippen molar-refractivity contribution in [2.75, 3.05) is 12.9 Å². The van der Waals surface area contributed by atoms with Gasteiger partial charge in [-0.1, -0.05) is 86.2 Å². The molecule has 0 radical (unpaired) electrons. The fourth-order valence-corrected chi connectivity index (χ4v) is 6.02. The van der Waals surface area contributed by atoms with Crippen molar-refractivity contribution in [2.24, 2.45) is 5.92 Å². The number of carbonyl (C=O) groups is 2. The molecule has 0 heterocycles. The Kier molecular flexibility index (Phi) is 12.8. The van der Waals surface area contributed by atoms with E-state index in [-0.39, 0.29) is 30.2 Å². The Morgan fingerprint density at radius 2 is 1.62 bits per heavy atom. The van der Waals surface area contributed by atoms with Gasteiger partial charge in [-0.2, -0.15) is 0 Å². The van der Waals surface area contributed by atoms with Crippen LogP contribution in [0.1, 0.15) is 68.9 Å². The number of ether oxygens (including phenoxy) is 2. The van der Waals surface area contributed by atoms with E-state index in [4.69, 9.17) is 9.47 Å². The van der Waals surface area contributed by atoms with Gasteiger partial charge in [0.1, 0.15) is 5.76 Å². The number of methoxy groups -OCH3 is 1. The van der Waals surface area contributed by atoms with Crippen LogP contribution in [0, 0.1) is 5.92 Å². The Labute approximate surface area is 236 Å². The van der Waals surface area contributed by atoms with E-state index in [1.165, 1.54) is 7.11 Å². The molecule has 39 heavy (non-hydrogen) atoms. The van der Waals surface area contributed by atoms with Gasteiger partial charge in [0, 0.05) is 36.0 Å². The fraction of sp³-hybridized carbons (Fsp3) is 0.438. The summed E-state index contributed by atoms with van der Waals surface area (Å²) < 4.78 is 10.4. The molecule has 2 N–H and O–H groups in total. The van der Waals surface area contributed by atoms with Crippen molar-refractivity contribution >= 4 is 23.7 Å². The first-order valence-electron chi connectivity index (χ1n) is 13.7. The van der Waals surface area contributed by atoms with E-state index < -0.39 is 12.2 Å². The monoisotopic (exact) mass is 552 g/mol. The molecule has 7 heteroatoms. The van der Waals surface area contributed by atoms with Gasteiger partial charge in [-0.3, -0.25) is 9.59 Å². The van der Waals surface area contributed by atoms with Gasteiger partial charge in [-0.25, -0.2) is 0 Å². The van der Waals surface area contributed by atoms with E-state index in [2.05, 4.69) is 0 Å². The number of hydrogen-bond acceptors (Lipinski definition) is 7. The third kappa shape index (κ3) is 9.38. The summed E-state index contributed by atoms with van der Waals surface area (Å²) in [6.45, 7) is 1.92. The smallest absolute Gasteiger partial charge is 0.310 e. The maximum atomic E-state index is 12.3. The summed E-state index contributed by atoms with van der Waals surface area (Å²) in [4.78, 5) is 24.5. The van der Waals surface area contributed by atoms with Gasteiger partial charge < -0.3 is 19.7 Å². The summed E-state index contributed by atoms with van der Waals surface area (Å²) in [5, 5.41) is 22.3. The van der Waals surface area contributed by atoms with Gasteiger partial charge in [0.05, 0.1) is 19.3 Å². The third-order valence-electron chi connectivity index (χ3n) is 6.76. The molecule has 0 aromatic heterocycles. The highest BCUT2D eigenvalue weighted by atomic mass is 32.2. The van der Waals surface area contributed by atoms with Crippen molar-refractivity contribution in [3.63, 3.8) is 0 Å². The lowest BCUT2D eigenvalue weighted by molar-refractivity contribution is -0.141. The number of aliphatic hydroxyl groups excluding tert-OH is 2. The molecule has 2 unspecified atom stereocenters. The number of benzene rings is 2. The van der Waals surface area contributed by atoms with E-state index in [0.29, 0.717) is 25.0 Å². The normalized spacial score (nSPS) is 18.1. The van der Waals surface area contributed by atoms with Crippen molar-refractivity contribution in [2.45, 2.75) is 70.0 Å². The average Bonchev–Trinajstić information content (AvgIpc) is 3.23. The molecule has 1 aliphatic rings. The molecule has 3 atom stereocenters. The molecule has 1 aliphatic carbocycles. The lowest BCUT2D eigenvalue weighted by Gasteiger charge is -2.23. The van der Waals surface area contributed by atoms with Crippen LogP contribution < -0.4 is 0 Å². The number of esters is 2. The van der Waals surface area contributed by atoms with E-state index in [1.54, 1.807) is 17.8 Å². The van der Waals surface area contributed by atoms with Crippen LogP contribution in [0.3, 0.4) is 0 Å². The largest absolute Gasteiger partial charge is 0.469 e. The highest BCUT2D eigenvalue weighted by Gasteiger charge is 2.35. The predicted octanol–water partition coefficient (Wildman–Crippen LogP) is 6.14. The average molecular weight is 553 g/mol. The second-order valence-electron chi connectivity index (χ2n) is 9.72. The highest BCUT2D eigenvalue weighted by molar-refractivity contribution is 8.03. The summed E-state index contributed by atoms with van der Waals surface area (Å²) in [5.74, 6) is 0.139. The lowest BCUT2D eigenvalue weighted by atomic mass is 9.86. The van der Waals surface area contributed by atoms with Crippen LogP contribution in [0.15, 0.2) is 83.5 Å². The summed E-state index contributed by atoms with van der Waals surface area (Å²) in [6, 6.07) is 19.8. The first-order chi connectivity index (χ1) is 18.9. The summed E-state index contributed by atoms with van der Waals surface area (Å²) in [7, 11) is 1.39. The van der Waals surface area contributed by atoms with Crippen molar-refractivity contribution in [3.8, 4) is 0 Å². The van der Waals surface area contributed by atoms with E-state index in [9.17, 15) is 19.8 Å². The topological polar surface area (TPSA) is 93.1 Å². The van der Waals surface area contributed by atoms with Crippen LogP contribution in [-0.2, 0) is 19.1 Å². The second-order valence-corrected chi connectivity index (χ2v) is 10.9. The second kappa shape index (κ2) is 16.3. The Bertz CT molecular complexity index is 1060. The Morgan fingerprint density at radius 1 is 0.974 bits per heavy atom. The molecular formula is C32H40O6S. The van der Waals surface area contributed by atoms with E-state index >= 15 is 0 Å². The van der Waals surface area contributed by atoms with Crippen LogP contribution in [0.25, 0.3) is 0 Å². The number of aliphatic hydroxyl groups is 2. The van der Waals surface area contributed by atoms with Crippen LogP contribution in [0.4, 0.5) is 0 Å². The van der Waals surface area contributed by atoms with Crippen molar-refractivity contribution in [3.05, 3.63) is 94.6 Å². The minimum atomic E-state index is -0.821. The summed E-state index contributed by atoms with van der Waals surface area (Å²) in [5.41, 5.74) is 2.00. The van der Waals surface area contributed by atoms with Gasteiger partial charge in [0.25, 0.3) is 0 Å². The van der Waals surface area contributed by atoms with E-state index in [1.807, 2.05) is 73.7 Å². The maximum Gasteiger partial charge on any atom is 0.310 e. The number of thioether (sulfide) groups is 1. The van der Waals surface area contributed by atoms with Gasteiger partial charge >= 0.3 is 11.9 Å². The molecule has 0 spiro atoms. The quantitative estimate of drug-likeness (QED) is 0.156. The van der Waals surface area contributed by atoms with Gasteiger partial charge in [0.15, 0.2) is 0 Å². The minimum absolute atomic E-state index is 0.206. The van der Waals surface area contributed by atoms with Crippen LogP contribution in [-0.4, -0.2) is 47.2 Å². The SMILES string of the molecule is CCCC(=O)OC1=C(SCCCCCC(=O)OC)[C@@H](/C=C/C(O)C(c2ccccc2)c2ccccc2)C(O)C1. The third-order valence-corrected chi connectivity index (χ3v) is 8.07. The van der Waals surface area contributed by atoms with E-state index in [0.717, 1.165) is 41.0 Å².